The highest BCUT2D eigenvalue weighted by Crippen LogP contribution is 2.39. The molecule has 0 aliphatic rings. The summed E-state index contributed by atoms with van der Waals surface area (Å²) >= 11 is 0. The van der Waals surface area contributed by atoms with Crippen molar-refractivity contribution in [3.05, 3.63) is 71.7 Å². The van der Waals surface area contributed by atoms with Crippen molar-refractivity contribution in [2.75, 3.05) is 19.5 Å². The number of carbonyl (C=O) groups is 2. The van der Waals surface area contributed by atoms with Crippen LogP contribution in [0.5, 0.6) is 11.5 Å². The molecule has 0 unspecified atom stereocenters. The Kier molecular flexibility index (Phi) is 8.08. The lowest BCUT2D eigenvalue weighted by Crippen LogP contribution is -2.38. The lowest BCUT2D eigenvalue weighted by molar-refractivity contribution is -0.140. The molecule has 3 aromatic rings. The third-order valence-corrected chi connectivity index (χ3v) is 5.08. The molecule has 10 heteroatoms. The second-order valence-electron chi connectivity index (χ2n) is 7.45. The van der Waals surface area contributed by atoms with Crippen molar-refractivity contribution in [3.63, 3.8) is 0 Å². The van der Waals surface area contributed by atoms with Crippen LogP contribution in [-0.4, -0.2) is 37.2 Å². The molecule has 0 radical (unpaired) electrons. The van der Waals surface area contributed by atoms with E-state index in [4.69, 9.17) is 19.0 Å². The number of carbonyl (C=O) groups excluding carboxylic acids is 1. The quantitative estimate of drug-likeness (QED) is 0.359. The molecule has 3 N–H and O–H groups in total. The summed E-state index contributed by atoms with van der Waals surface area (Å²) in [5.74, 6) is -3.22. The maximum atomic E-state index is 15.0. The van der Waals surface area contributed by atoms with Gasteiger partial charge >= 0.3 is 5.97 Å². The smallest absolute Gasteiger partial charge is 0.325 e. The summed E-state index contributed by atoms with van der Waals surface area (Å²) in [7, 11) is 2.71. The molecule has 0 fully saturated rings. The van der Waals surface area contributed by atoms with Crippen LogP contribution >= 0.6 is 0 Å². The molecule has 0 bridgehead atoms. The van der Waals surface area contributed by atoms with Crippen LogP contribution in [0.2, 0.25) is 0 Å². The number of nitrogens with one attached hydrogen (secondary N) is 2. The fourth-order valence-corrected chi connectivity index (χ4v) is 3.22. The van der Waals surface area contributed by atoms with Gasteiger partial charge in [-0.1, -0.05) is 0 Å². The maximum Gasteiger partial charge on any atom is 0.325 e. The number of hydrogen-bond acceptors (Lipinski definition) is 6. The standard InChI is InChI=1S/C25H24F2N2O6/c1-14(25(31)32)29-24(30)21(27)9-15-10-23(34-3)19(12-22(15)33-2)18-7-6-16(11-20(18)26)28-13-17-5-4-8-35-17/h4-12,14,28H,13H2,1-3H3,(H,29,30)(H,31,32)/t14-/m1/s1. The number of carboxylic acid groups (broad SMARTS) is 1. The average Bonchev–Trinajstić information content (AvgIpc) is 3.36. The first-order valence-electron chi connectivity index (χ1n) is 10.5. The van der Waals surface area contributed by atoms with Gasteiger partial charge in [-0.3, -0.25) is 9.59 Å². The molecule has 0 saturated carbocycles. The largest absolute Gasteiger partial charge is 0.496 e. The van der Waals surface area contributed by atoms with E-state index in [2.05, 4.69) is 5.32 Å². The van der Waals surface area contributed by atoms with Gasteiger partial charge in [0.15, 0.2) is 5.83 Å². The minimum atomic E-state index is -1.31. The number of amides is 1. The van der Waals surface area contributed by atoms with Gasteiger partial charge in [0.2, 0.25) is 0 Å². The van der Waals surface area contributed by atoms with E-state index in [-0.39, 0.29) is 22.6 Å². The van der Waals surface area contributed by atoms with Crippen molar-refractivity contribution in [1.29, 1.82) is 0 Å². The second-order valence-corrected chi connectivity index (χ2v) is 7.45. The van der Waals surface area contributed by atoms with Crippen molar-refractivity contribution >= 4 is 23.6 Å². The summed E-state index contributed by atoms with van der Waals surface area (Å²) in [5, 5.41) is 14.0. The van der Waals surface area contributed by atoms with Crippen molar-refractivity contribution in [1.82, 2.24) is 5.32 Å². The summed E-state index contributed by atoms with van der Waals surface area (Å²) in [6.07, 6.45) is 2.43. The van der Waals surface area contributed by atoms with Gasteiger partial charge in [-0.25, -0.2) is 8.78 Å². The Morgan fingerprint density at radius 1 is 1.11 bits per heavy atom. The van der Waals surface area contributed by atoms with Gasteiger partial charge in [-0.2, -0.15) is 0 Å². The Morgan fingerprint density at radius 2 is 1.86 bits per heavy atom. The van der Waals surface area contributed by atoms with E-state index >= 15 is 4.39 Å². The van der Waals surface area contributed by atoms with E-state index in [0.29, 0.717) is 23.6 Å². The minimum absolute atomic E-state index is 0.140. The van der Waals surface area contributed by atoms with Crippen LogP contribution in [-0.2, 0) is 16.1 Å². The molecule has 8 nitrogen and oxygen atoms in total. The van der Waals surface area contributed by atoms with Gasteiger partial charge in [0.05, 0.1) is 27.0 Å². The summed E-state index contributed by atoms with van der Waals surface area (Å²) < 4.78 is 45.4. The van der Waals surface area contributed by atoms with Gasteiger partial charge in [-0.05, 0) is 55.5 Å². The normalized spacial score (nSPS) is 12.1. The Morgan fingerprint density at radius 3 is 2.46 bits per heavy atom. The number of furan rings is 1. The van der Waals surface area contributed by atoms with Crippen molar-refractivity contribution in [2.45, 2.75) is 19.5 Å². The molecule has 3 rings (SSSR count). The van der Waals surface area contributed by atoms with Crippen molar-refractivity contribution in [2.24, 2.45) is 0 Å². The van der Waals surface area contributed by atoms with Gasteiger partial charge in [0.25, 0.3) is 5.91 Å². The van der Waals surface area contributed by atoms with E-state index in [1.807, 2.05) is 5.32 Å². The van der Waals surface area contributed by atoms with Crippen molar-refractivity contribution < 1.29 is 37.4 Å². The number of methoxy groups -OCH3 is 2. The Bertz CT molecular complexity index is 1240. The minimum Gasteiger partial charge on any atom is -0.496 e. The molecule has 0 spiro atoms. The highest BCUT2D eigenvalue weighted by Gasteiger charge is 2.20. The number of anilines is 1. The number of rotatable bonds is 10. The van der Waals surface area contributed by atoms with Gasteiger partial charge in [-0.15, -0.1) is 0 Å². The van der Waals surface area contributed by atoms with Gasteiger partial charge in [0.1, 0.15) is 29.1 Å². The number of halogens is 2. The molecule has 2 aromatic carbocycles. The van der Waals surface area contributed by atoms with E-state index in [1.165, 1.54) is 39.3 Å². The molecule has 0 aliphatic heterocycles. The van der Waals surface area contributed by atoms with E-state index in [1.54, 1.807) is 30.5 Å². The average molecular weight is 486 g/mol. The first-order chi connectivity index (χ1) is 16.7. The molecule has 0 saturated heterocycles. The summed E-state index contributed by atoms with van der Waals surface area (Å²) in [4.78, 5) is 22.8. The monoisotopic (exact) mass is 486 g/mol. The number of carboxylic acids is 1. The number of aliphatic carboxylic acids is 1. The molecular formula is C25H24F2N2O6. The lowest BCUT2D eigenvalue weighted by Gasteiger charge is -2.15. The molecule has 1 amide bonds. The third kappa shape index (κ3) is 6.17. The molecule has 0 aliphatic carbocycles. The van der Waals surface area contributed by atoms with Gasteiger partial charge < -0.3 is 29.6 Å². The van der Waals surface area contributed by atoms with Crippen LogP contribution in [0.4, 0.5) is 14.5 Å². The van der Waals surface area contributed by atoms with Gasteiger partial charge in [0, 0.05) is 22.4 Å². The van der Waals surface area contributed by atoms with Crippen LogP contribution < -0.4 is 20.1 Å². The summed E-state index contributed by atoms with van der Waals surface area (Å²) in [6, 6.07) is 9.71. The number of hydrogen-bond donors (Lipinski definition) is 3. The molecule has 35 heavy (non-hydrogen) atoms. The van der Waals surface area contributed by atoms with Crippen LogP contribution in [0, 0.1) is 5.82 Å². The van der Waals surface area contributed by atoms with Crippen molar-refractivity contribution in [3.8, 4) is 22.6 Å². The number of benzene rings is 2. The Labute approximate surface area is 200 Å². The lowest BCUT2D eigenvalue weighted by atomic mass is 10.00. The zero-order valence-electron chi connectivity index (χ0n) is 19.2. The van der Waals surface area contributed by atoms with E-state index < -0.39 is 29.6 Å². The fourth-order valence-electron chi connectivity index (χ4n) is 3.22. The predicted octanol–water partition coefficient (Wildman–Crippen LogP) is 4.61. The number of ether oxygens (including phenoxy) is 2. The first kappa shape index (κ1) is 25.3. The fraction of sp³-hybridized carbons (Fsp3) is 0.200. The molecule has 1 atom stereocenters. The SMILES string of the molecule is COc1cc(-c2ccc(NCc3ccco3)cc2F)c(OC)cc1C=C(F)C(=O)N[C@H](C)C(=O)O. The molecule has 1 heterocycles. The summed E-state index contributed by atoms with van der Waals surface area (Å²) in [6.45, 7) is 1.59. The molecular weight excluding hydrogens is 462 g/mol. The van der Waals surface area contributed by atoms with Crippen LogP contribution in [0.1, 0.15) is 18.2 Å². The Balaban J connectivity index is 1.90. The second kappa shape index (κ2) is 11.2. The van der Waals surface area contributed by atoms with Crippen LogP contribution in [0.3, 0.4) is 0 Å². The first-order valence-corrected chi connectivity index (χ1v) is 10.5. The van der Waals surface area contributed by atoms with E-state index in [9.17, 15) is 14.0 Å². The highest BCUT2D eigenvalue weighted by atomic mass is 19.1. The Hall–Kier alpha value is -4.34. The zero-order chi connectivity index (χ0) is 25.5. The topological polar surface area (TPSA) is 110 Å². The maximum absolute atomic E-state index is 15.0. The molecule has 184 valence electrons. The summed E-state index contributed by atoms with van der Waals surface area (Å²) in [5.41, 5.74) is 1.24. The third-order valence-electron chi connectivity index (χ3n) is 5.08. The van der Waals surface area contributed by atoms with E-state index in [0.717, 1.165) is 6.08 Å². The highest BCUT2D eigenvalue weighted by molar-refractivity contribution is 5.98. The van der Waals surface area contributed by atoms with Crippen LogP contribution in [0.15, 0.2) is 59.0 Å². The molecule has 1 aromatic heterocycles. The predicted molar refractivity (Wildman–Crippen MR) is 125 cm³/mol. The zero-order valence-corrected chi connectivity index (χ0v) is 19.2. The van der Waals surface area contributed by atoms with Crippen LogP contribution in [0.25, 0.3) is 17.2 Å².